The van der Waals surface area contributed by atoms with Crippen LogP contribution < -0.4 is 31.9 Å². The molecule has 4 heterocycles. The van der Waals surface area contributed by atoms with Gasteiger partial charge in [-0.3, -0.25) is 49.1 Å². The van der Waals surface area contributed by atoms with Gasteiger partial charge >= 0.3 is 0 Å². The van der Waals surface area contributed by atoms with Gasteiger partial charge in [0, 0.05) is 58.6 Å². The highest BCUT2D eigenvalue weighted by Crippen LogP contribution is 2.63. The van der Waals surface area contributed by atoms with Crippen LogP contribution in [0.3, 0.4) is 0 Å². The number of fused-ring (bicyclic) bond motifs is 4. The van der Waals surface area contributed by atoms with Crippen molar-refractivity contribution < 1.29 is 38.0 Å². The largest absolute Gasteiger partial charge is 0.384 e. The number of benzene rings is 4. The number of imide groups is 2. The molecule has 2 spiro atoms. The minimum absolute atomic E-state index is 0.0189. The van der Waals surface area contributed by atoms with Gasteiger partial charge in [-0.15, -0.1) is 0 Å². The van der Waals surface area contributed by atoms with E-state index < -0.39 is 64.3 Å². The van der Waals surface area contributed by atoms with Crippen LogP contribution in [0.4, 0.5) is 21.5 Å². The van der Waals surface area contributed by atoms with Gasteiger partial charge in [-0.1, -0.05) is 66.7 Å². The third-order valence-electron chi connectivity index (χ3n) is 13.1. The lowest BCUT2D eigenvalue weighted by molar-refractivity contribution is -0.136. The van der Waals surface area contributed by atoms with E-state index in [1.165, 1.54) is 12.1 Å². The van der Waals surface area contributed by atoms with Gasteiger partial charge < -0.3 is 21.3 Å². The number of piperidine rings is 1. The van der Waals surface area contributed by atoms with Crippen LogP contribution in [0.25, 0.3) is 0 Å². The maximum atomic E-state index is 16.2. The summed E-state index contributed by atoms with van der Waals surface area (Å²) in [7, 11) is 0. The lowest BCUT2D eigenvalue weighted by atomic mass is 9.55. The molecule has 0 bridgehead atoms. The van der Waals surface area contributed by atoms with Crippen LogP contribution >= 0.6 is 23.2 Å². The monoisotopic (exact) mass is 893 g/mol. The van der Waals surface area contributed by atoms with Crippen LogP contribution in [0, 0.1) is 5.82 Å². The highest BCUT2D eigenvalue weighted by atomic mass is 35.5. The number of carbonyl (C=O) groups excluding carboxylic acids is 7. The molecule has 4 aromatic carbocycles. The zero-order valence-corrected chi connectivity index (χ0v) is 35.3. The molecule has 17 heteroatoms. The molecule has 4 atom stereocenters. The number of nitrogens with one attached hydrogen (secondary N) is 6. The Bertz CT molecular complexity index is 2620. The van der Waals surface area contributed by atoms with Crippen molar-refractivity contribution in [3.63, 3.8) is 0 Å². The minimum atomic E-state index is -1.38. The summed E-state index contributed by atoms with van der Waals surface area (Å²) in [6.45, 7) is 0.594. The highest BCUT2D eigenvalue weighted by molar-refractivity contribution is 6.31. The van der Waals surface area contributed by atoms with Crippen LogP contribution in [0.5, 0.6) is 0 Å². The topological polar surface area (TPSA) is 195 Å². The van der Waals surface area contributed by atoms with Gasteiger partial charge in [0.25, 0.3) is 17.7 Å². The molecule has 4 aliphatic heterocycles. The second-order valence-electron chi connectivity index (χ2n) is 16.6. The SMILES string of the molecule is O=C1CCC(N2C(=O)c3cccc(NCCCNC(=O)c4ccc(NC(=O)[C@@H]5NC6(CCCCC6)[C@@]6(C(=O)Nc7cc(Cl)ccc76)[C@H]5c5cccc(Cl)c5F)cc4)c3C2=O)C(=O)N1. The predicted molar refractivity (Wildman–Crippen MR) is 232 cm³/mol. The van der Waals surface area contributed by atoms with Crippen LogP contribution in [0.15, 0.2) is 78.9 Å². The zero-order chi connectivity index (χ0) is 44.2. The molecule has 324 valence electrons. The molecule has 1 unspecified atom stereocenters. The minimum Gasteiger partial charge on any atom is -0.384 e. The number of anilines is 3. The Labute approximate surface area is 371 Å². The number of halogens is 3. The molecule has 9 rings (SSSR count). The first-order valence-corrected chi connectivity index (χ1v) is 21.7. The summed E-state index contributed by atoms with van der Waals surface area (Å²) in [5.74, 6) is -5.26. The molecule has 1 aliphatic carbocycles. The smallest absolute Gasteiger partial charge is 0.264 e. The third kappa shape index (κ3) is 7.02. The number of rotatable bonds is 10. The molecule has 0 aromatic heterocycles. The second kappa shape index (κ2) is 16.5. The Morgan fingerprint density at radius 2 is 1.62 bits per heavy atom. The van der Waals surface area contributed by atoms with E-state index in [4.69, 9.17) is 23.2 Å². The molecule has 5 aliphatic rings. The standard InChI is InChI=1S/C46H42Cl2FN7O7/c47-25-13-16-29-32(23-25)53-44(63)46(29)36(28-8-4-9-30(48)37(28)49)38(55-45(46)19-2-1-3-20-45)41(60)52-26-14-11-24(12-15-26)39(58)51-22-6-21-50-31-10-5-7-27-35(31)43(62)56(42(27)61)33-17-18-34(57)54-40(33)59/h4-5,7-16,23,33,36,38,50,55H,1-3,6,17-22H2,(H,51,58)(H,52,60)(H,53,63)(H,54,57,59)/t33?,36-,38+,46+/m0/s1. The first-order valence-electron chi connectivity index (χ1n) is 21.0. The van der Waals surface area contributed by atoms with E-state index in [0.717, 1.165) is 24.2 Å². The molecular formula is C46H42Cl2FN7O7. The number of nitrogens with zero attached hydrogens (tertiary/aromatic N) is 1. The van der Waals surface area contributed by atoms with Crippen molar-refractivity contribution >= 4 is 81.6 Å². The van der Waals surface area contributed by atoms with Gasteiger partial charge in [0.05, 0.1) is 22.2 Å². The number of carbonyl (C=O) groups is 7. The molecular weight excluding hydrogens is 852 g/mol. The van der Waals surface area contributed by atoms with E-state index in [-0.39, 0.29) is 52.9 Å². The summed E-state index contributed by atoms with van der Waals surface area (Å²) in [6, 6.07) is 18.8. The lowest BCUT2D eigenvalue weighted by Gasteiger charge is -2.47. The van der Waals surface area contributed by atoms with E-state index in [2.05, 4.69) is 31.9 Å². The summed E-state index contributed by atoms with van der Waals surface area (Å²) in [4.78, 5) is 93.9. The third-order valence-corrected chi connectivity index (χ3v) is 13.7. The summed E-state index contributed by atoms with van der Waals surface area (Å²) in [5.41, 5.74) is 0.455. The van der Waals surface area contributed by atoms with Gasteiger partial charge in [-0.2, -0.15) is 0 Å². The first-order chi connectivity index (χ1) is 30.3. The second-order valence-corrected chi connectivity index (χ2v) is 17.5. The van der Waals surface area contributed by atoms with Crippen LogP contribution in [0.2, 0.25) is 10.0 Å². The van der Waals surface area contributed by atoms with E-state index in [1.54, 1.807) is 66.7 Å². The molecule has 63 heavy (non-hydrogen) atoms. The van der Waals surface area contributed by atoms with Crippen LogP contribution in [-0.4, -0.2) is 77.0 Å². The normalized spacial score (nSPS) is 23.4. The molecule has 4 aromatic rings. The van der Waals surface area contributed by atoms with Crippen molar-refractivity contribution in [2.75, 3.05) is 29.0 Å². The molecule has 14 nitrogen and oxygen atoms in total. The Morgan fingerprint density at radius 1 is 0.857 bits per heavy atom. The Kier molecular flexibility index (Phi) is 11.1. The van der Waals surface area contributed by atoms with Crippen molar-refractivity contribution in [1.82, 2.24) is 20.9 Å². The van der Waals surface area contributed by atoms with Gasteiger partial charge in [-0.05, 0) is 91.4 Å². The van der Waals surface area contributed by atoms with Gasteiger partial charge in [0.1, 0.15) is 17.3 Å². The van der Waals surface area contributed by atoms with Gasteiger partial charge in [0.2, 0.25) is 23.6 Å². The van der Waals surface area contributed by atoms with Gasteiger partial charge in [-0.25, -0.2) is 4.39 Å². The van der Waals surface area contributed by atoms with Crippen molar-refractivity contribution in [2.24, 2.45) is 0 Å². The van der Waals surface area contributed by atoms with Gasteiger partial charge in [0.15, 0.2) is 0 Å². The number of amides is 7. The quantitative estimate of drug-likeness (QED) is 0.0812. The first kappa shape index (κ1) is 42.2. The Morgan fingerprint density at radius 3 is 2.38 bits per heavy atom. The zero-order valence-electron chi connectivity index (χ0n) is 33.7. The maximum absolute atomic E-state index is 16.2. The van der Waals surface area contributed by atoms with E-state index in [0.29, 0.717) is 59.0 Å². The molecule has 2 saturated heterocycles. The molecule has 0 radical (unpaired) electrons. The van der Waals surface area contributed by atoms with E-state index in [9.17, 15) is 33.6 Å². The Balaban J connectivity index is 0.866. The van der Waals surface area contributed by atoms with E-state index in [1.807, 2.05) is 0 Å². The maximum Gasteiger partial charge on any atom is 0.264 e. The van der Waals surface area contributed by atoms with Crippen LogP contribution in [-0.2, 0) is 24.6 Å². The van der Waals surface area contributed by atoms with Crippen molar-refractivity contribution in [1.29, 1.82) is 0 Å². The molecule has 7 amide bonds. The van der Waals surface area contributed by atoms with Crippen molar-refractivity contribution in [3.8, 4) is 0 Å². The number of hydrogen-bond acceptors (Lipinski definition) is 9. The molecule has 1 saturated carbocycles. The summed E-state index contributed by atoms with van der Waals surface area (Å²) in [5, 5.41) is 18.1. The molecule has 6 N–H and O–H groups in total. The lowest BCUT2D eigenvalue weighted by Crippen LogP contribution is -2.60. The van der Waals surface area contributed by atoms with Crippen LogP contribution in [0.1, 0.15) is 99.5 Å². The molecule has 3 fully saturated rings. The fourth-order valence-electron chi connectivity index (χ4n) is 10.4. The fourth-order valence-corrected chi connectivity index (χ4v) is 10.8. The summed E-state index contributed by atoms with van der Waals surface area (Å²) in [6.07, 6.45) is 4.22. The van der Waals surface area contributed by atoms with E-state index >= 15 is 4.39 Å². The average Bonchev–Trinajstić information content (AvgIpc) is 3.82. The number of hydrogen-bond donors (Lipinski definition) is 6. The summed E-state index contributed by atoms with van der Waals surface area (Å²) >= 11 is 12.7. The highest BCUT2D eigenvalue weighted by Gasteiger charge is 2.72. The Hall–Kier alpha value is -6.16. The van der Waals surface area contributed by atoms with Crippen molar-refractivity contribution in [3.05, 3.63) is 123 Å². The summed E-state index contributed by atoms with van der Waals surface area (Å²) < 4.78 is 16.2. The average molecular weight is 895 g/mol. The van der Waals surface area contributed by atoms with Crippen molar-refractivity contribution in [2.45, 2.75) is 80.3 Å². The fraction of sp³-hybridized carbons (Fsp3) is 0.326. The predicted octanol–water partition coefficient (Wildman–Crippen LogP) is 6.05.